The van der Waals surface area contributed by atoms with Crippen molar-refractivity contribution >= 4 is 0 Å². The molecule has 2 rings (SSSR count). The fourth-order valence-electron chi connectivity index (χ4n) is 2.39. The third-order valence-corrected chi connectivity index (χ3v) is 3.40. The summed E-state index contributed by atoms with van der Waals surface area (Å²) in [5, 5.41) is 1.69. The first-order valence-corrected chi connectivity index (χ1v) is 5.14. The molecule has 0 heterocycles. The highest BCUT2D eigenvalue weighted by Crippen LogP contribution is 2.47. The molecule has 1 saturated carbocycles. The maximum Gasteiger partial charge on any atom is 0.0475 e. The van der Waals surface area contributed by atoms with Gasteiger partial charge in [-0.3, -0.25) is 0 Å². The summed E-state index contributed by atoms with van der Waals surface area (Å²) in [5.41, 5.74) is 8.16. The second-order valence-corrected chi connectivity index (χ2v) is 4.42. The molecular formula is C10H19N3. The Morgan fingerprint density at radius 1 is 1.23 bits per heavy atom. The van der Waals surface area contributed by atoms with Crippen LogP contribution < -0.4 is 11.6 Å². The maximum absolute atomic E-state index is 5.99. The van der Waals surface area contributed by atoms with E-state index in [0.29, 0.717) is 0 Å². The first-order chi connectivity index (χ1) is 6.18. The molecule has 0 saturated heterocycles. The van der Waals surface area contributed by atoms with Gasteiger partial charge in [0.25, 0.3) is 0 Å². The number of rotatable bonds is 1. The monoisotopic (exact) mass is 181 g/mol. The first kappa shape index (κ1) is 8.88. The second kappa shape index (κ2) is 3.22. The van der Waals surface area contributed by atoms with Gasteiger partial charge in [0.1, 0.15) is 0 Å². The highest BCUT2D eigenvalue weighted by atomic mass is 15.4. The van der Waals surface area contributed by atoms with E-state index in [1.165, 1.54) is 19.3 Å². The van der Waals surface area contributed by atoms with Crippen molar-refractivity contribution in [3.05, 3.63) is 11.4 Å². The van der Waals surface area contributed by atoms with Crippen molar-refractivity contribution in [2.24, 2.45) is 23.4 Å². The van der Waals surface area contributed by atoms with Gasteiger partial charge in [-0.15, -0.1) is 0 Å². The van der Waals surface area contributed by atoms with Crippen molar-refractivity contribution < 1.29 is 0 Å². The molecule has 3 heteroatoms. The van der Waals surface area contributed by atoms with Gasteiger partial charge in [-0.05, 0) is 43.9 Å². The van der Waals surface area contributed by atoms with Crippen LogP contribution in [0.25, 0.3) is 0 Å². The Morgan fingerprint density at radius 2 is 1.85 bits per heavy atom. The highest BCUT2D eigenvalue weighted by Gasteiger charge is 2.37. The maximum atomic E-state index is 5.99. The predicted octanol–water partition coefficient (Wildman–Crippen LogP) is 1.17. The lowest BCUT2D eigenvalue weighted by molar-refractivity contribution is 0.394. The molecule has 0 spiro atoms. The van der Waals surface area contributed by atoms with Crippen LogP contribution in [0.1, 0.15) is 32.1 Å². The van der Waals surface area contributed by atoms with E-state index in [9.17, 15) is 0 Å². The highest BCUT2D eigenvalue weighted by molar-refractivity contribution is 5.12. The number of hydrogen-bond acceptors (Lipinski definition) is 3. The van der Waals surface area contributed by atoms with Gasteiger partial charge in [0, 0.05) is 18.4 Å². The molecule has 3 nitrogen and oxygen atoms in total. The number of nitrogens with two attached hydrogens (primary N) is 2. The lowest BCUT2D eigenvalue weighted by Gasteiger charge is -2.21. The van der Waals surface area contributed by atoms with E-state index < -0.39 is 0 Å². The van der Waals surface area contributed by atoms with Gasteiger partial charge < -0.3 is 10.7 Å². The summed E-state index contributed by atoms with van der Waals surface area (Å²) < 4.78 is 0. The largest absolute Gasteiger partial charge is 0.401 e. The van der Waals surface area contributed by atoms with Crippen molar-refractivity contribution in [1.82, 2.24) is 5.01 Å². The van der Waals surface area contributed by atoms with Gasteiger partial charge in [0.05, 0.1) is 0 Å². The summed E-state index contributed by atoms with van der Waals surface area (Å²) in [7, 11) is 1.88. The Balaban J connectivity index is 2.07. The van der Waals surface area contributed by atoms with Crippen molar-refractivity contribution in [2.75, 3.05) is 7.05 Å². The molecule has 0 aromatic heterocycles. The van der Waals surface area contributed by atoms with E-state index in [1.807, 2.05) is 7.05 Å². The number of hydrazine groups is 1. The van der Waals surface area contributed by atoms with Crippen LogP contribution in [0.2, 0.25) is 0 Å². The molecule has 13 heavy (non-hydrogen) atoms. The molecule has 2 aliphatic rings. The van der Waals surface area contributed by atoms with Gasteiger partial charge in [0.15, 0.2) is 0 Å². The molecule has 4 N–H and O–H groups in total. The van der Waals surface area contributed by atoms with Crippen molar-refractivity contribution in [1.29, 1.82) is 0 Å². The van der Waals surface area contributed by atoms with Crippen LogP contribution >= 0.6 is 0 Å². The Labute approximate surface area is 79.7 Å². The minimum absolute atomic E-state index is 0.975. The van der Waals surface area contributed by atoms with Gasteiger partial charge in [0.2, 0.25) is 0 Å². The molecule has 2 atom stereocenters. The van der Waals surface area contributed by atoms with E-state index in [4.69, 9.17) is 11.6 Å². The second-order valence-electron chi connectivity index (χ2n) is 4.42. The van der Waals surface area contributed by atoms with Gasteiger partial charge in [-0.25, -0.2) is 5.84 Å². The normalized spacial score (nSPS) is 38.9. The predicted molar refractivity (Wildman–Crippen MR) is 53.2 cm³/mol. The number of hydrogen-bond donors (Lipinski definition) is 2. The van der Waals surface area contributed by atoms with Crippen LogP contribution in [0.15, 0.2) is 11.4 Å². The Bertz CT molecular complexity index is 232. The third-order valence-electron chi connectivity index (χ3n) is 3.40. The van der Waals surface area contributed by atoms with Crippen LogP contribution in [0.5, 0.6) is 0 Å². The average Bonchev–Trinajstić information content (AvgIpc) is 2.76. The molecular weight excluding hydrogens is 162 g/mol. The molecule has 0 aliphatic heterocycles. The van der Waals surface area contributed by atoms with Gasteiger partial charge in [-0.2, -0.15) is 0 Å². The lowest BCUT2D eigenvalue weighted by atomic mass is 10.0. The average molecular weight is 181 g/mol. The number of allylic oxidation sites excluding steroid dienone is 2. The molecule has 0 aromatic carbocycles. The van der Waals surface area contributed by atoms with Crippen molar-refractivity contribution in [3.63, 3.8) is 0 Å². The Morgan fingerprint density at radius 3 is 2.46 bits per heavy atom. The van der Waals surface area contributed by atoms with Gasteiger partial charge >= 0.3 is 0 Å². The first-order valence-electron chi connectivity index (χ1n) is 5.14. The van der Waals surface area contributed by atoms with E-state index in [2.05, 4.69) is 0 Å². The number of fused-ring (bicyclic) bond motifs is 1. The summed E-state index contributed by atoms with van der Waals surface area (Å²) in [6.45, 7) is 0. The smallest absolute Gasteiger partial charge is 0.0475 e. The van der Waals surface area contributed by atoms with Crippen LogP contribution in [0.3, 0.4) is 0 Å². The zero-order valence-corrected chi connectivity index (χ0v) is 8.29. The Hall–Kier alpha value is -0.700. The van der Waals surface area contributed by atoms with Crippen molar-refractivity contribution in [3.8, 4) is 0 Å². The SMILES string of the molecule is CN(N)/C1=C(\N)CCC2C[C@@H]2CC1. The molecule has 1 fully saturated rings. The number of nitrogens with zero attached hydrogens (tertiary/aromatic N) is 1. The van der Waals surface area contributed by atoms with E-state index in [0.717, 1.165) is 36.1 Å². The van der Waals surface area contributed by atoms with Gasteiger partial charge in [-0.1, -0.05) is 0 Å². The zero-order chi connectivity index (χ0) is 9.42. The van der Waals surface area contributed by atoms with Crippen LogP contribution in [0, 0.1) is 11.8 Å². The summed E-state index contributed by atoms with van der Waals surface area (Å²) in [6, 6.07) is 0. The zero-order valence-electron chi connectivity index (χ0n) is 8.29. The molecule has 74 valence electrons. The fourth-order valence-corrected chi connectivity index (χ4v) is 2.39. The van der Waals surface area contributed by atoms with E-state index in [1.54, 1.807) is 5.01 Å². The summed E-state index contributed by atoms with van der Waals surface area (Å²) in [6.07, 6.45) is 6.09. The Kier molecular flexibility index (Phi) is 2.20. The fraction of sp³-hybridized carbons (Fsp3) is 0.800. The van der Waals surface area contributed by atoms with Crippen LogP contribution in [-0.4, -0.2) is 12.1 Å². The minimum atomic E-state index is 0.975. The molecule has 0 bridgehead atoms. The topological polar surface area (TPSA) is 55.3 Å². The van der Waals surface area contributed by atoms with E-state index >= 15 is 0 Å². The standard InChI is InChI=1S/C10H19N3/c1-13(12)10-5-3-8-6-7(8)2-4-9(10)11/h7-8H,2-6,11-12H2,1H3/b10-9-/t7?,8-/m0/s1. The lowest BCUT2D eigenvalue weighted by Crippen LogP contribution is -2.28. The molecule has 0 amide bonds. The molecule has 0 radical (unpaired) electrons. The van der Waals surface area contributed by atoms with Crippen LogP contribution in [0.4, 0.5) is 0 Å². The molecule has 0 aromatic rings. The van der Waals surface area contributed by atoms with E-state index in [-0.39, 0.29) is 0 Å². The quantitative estimate of drug-likeness (QED) is 0.471. The minimum Gasteiger partial charge on any atom is -0.401 e. The summed E-state index contributed by atoms with van der Waals surface area (Å²) in [5.74, 6) is 7.68. The summed E-state index contributed by atoms with van der Waals surface area (Å²) >= 11 is 0. The summed E-state index contributed by atoms with van der Waals surface area (Å²) in [4.78, 5) is 0. The van der Waals surface area contributed by atoms with Crippen LogP contribution in [-0.2, 0) is 0 Å². The van der Waals surface area contributed by atoms with Crippen molar-refractivity contribution in [2.45, 2.75) is 32.1 Å². The molecule has 1 unspecified atom stereocenters. The molecule has 2 aliphatic carbocycles. The third kappa shape index (κ3) is 1.80.